The SMILES string of the molecule is c1ccc(-c2nc(-c3ccc4c(-c5cccc6oc7ccccc7c56)cccc4c3)nc(-c3cc4ccccc4c4c3ccc3cnccc34)n2)cc1. The molecule has 0 fully saturated rings. The maximum atomic E-state index is 6.25. The van der Waals surface area contributed by atoms with Crippen molar-refractivity contribution in [2.45, 2.75) is 0 Å². The van der Waals surface area contributed by atoms with Crippen molar-refractivity contribution in [3.63, 3.8) is 0 Å². The summed E-state index contributed by atoms with van der Waals surface area (Å²) in [6, 6.07) is 54.8. The van der Waals surface area contributed by atoms with Crippen molar-refractivity contribution in [3.05, 3.63) is 170 Å². The second kappa shape index (κ2) is 11.7. The standard InChI is InChI=1S/C48H28N4O/c1-2-10-29(11-3-1)46-50-47(52-48(51-46)41-27-31-12-4-5-14-35(31)44-36-24-25-49-28-33(36)21-23-39(41)44)32-20-22-34-30(26-32)13-8-16-37(34)38-17-9-19-43-45(38)40-15-6-7-18-42(40)53-43/h1-28H. The number of aromatic nitrogens is 4. The van der Waals surface area contributed by atoms with E-state index in [-0.39, 0.29) is 0 Å². The van der Waals surface area contributed by atoms with Crippen molar-refractivity contribution in [3.8, 4) is 45.3 Å². The Labute approximate surface area is 303 Å². The van der Waals surface area contributed by atoms with Crippen LogP contribution in [-0.4, -0.2) is 19.9 Å². The molecule has 0 N–H and O–H groups in total. The van der Waals surface area contributed by atoms with Gasteiger partial charge >= 0.3 is 0 Å². The van der Waals surface area contributed by atoms with E-state index in [1.54, 1.807) is 0 Å². The zero-order chi connectivity index (χ0) is 34.9. The van der Waals surface area contributed by atoms with E-state index >= 15 is 0 Å². The summed E-state index contributed by atoms with van der Waals surface area (Å²) >= 11 is 0. The van der Waals surface area contributed by atoms with Crippen molar-refractivity contribution in [2.75, 3.05) is 0 Å². The molecule has 0 bridgehead atoms. The third-order valence-electron chi connectivity index (χ3n) is 10.4. The van der Waals surface area contributed by atoms with Gasteiger partial charge < -0.3 is 4.42 Å². The van der Waals surface area contributed by atoms with Gasteiger partial charge in [-0.1, -0.05) is 127 Å². The summed E-state index contributed by atoms with van der Waals surface area (Å²) in [5, 5.41) is 11.3. The number of benzene rings is 8. The van der Waals surface area contributed by atoms with Crippen molar-refractivity contribution < 1.29 is 4.42 Å². The summed E-state index contributed by atoms with van der Waals surface area (Å²) in [6.07, 6.45) is 3.79. The van der Waals surface area contributed by atoms with Gasteiger partial charge in [0, 0.05) is 45.2 Å². The average molecular weight is 677 g/mol. The lowest BCUT2D eigenvalue weighted by atomic mass is 9.93. The molecule has 5 nitrogen and oxygen atoms in total. The van der Waals surface area contributed by atoms with Crippen molar-refractivity contribution in [1.29, 1.82) is 0 Å². The normalized spacial score (nSPS) is 11.8. The van der Waals surface area contributed by atoms with Crippen molar-refractivity contribution >= 4 is 65.0 Å². The molecule has 0 aliphatic carbocycles. The van der Waals surface area contributed by atoms with Crippen LogP contribution in [0.5, 0.6) is 0 Å². The number of hydrogen-bond acceptors (Lipinski definition) is 5. The smallest absolute Gasteiger partial charge is 0.164 e. The monoisotopic (exact) mass is 676 g/mol. The van der Waals surface area contributed by atoms with E-state index in [1.165, 1.54) is 10.8 Å². The lowest BCUT2D eigenvalue weighted by Crippen LogP contribution is -2.01. The van der Waals surface area contributed by atoms with Gasteiger partial charge in [0.15, 0.2) is 17.5 Å². The first-order chi connectivity index (χ1) is 26.3. The molecule has 246 valence electrons. The van der Waals surface area contributed by atoms with Crippen LogP contribution in [0.2, 0.25) is 0 Å². The molecule has 0 aliphatic heterocycles. The summed E-state index contributed by atoms with van der Waals surface area (Å²) in [4.78, 5) is 19.9. The first-order valence-corrected chi connectivity index (χ1v) is 17.7. The van der Waals surface area contributed by atoms with Gasteiger partial charge in [0.2, 0.25) is 0 Å². The Balaban J connectivity index is 1.13. The number of nitrogens with zero attached hydrogens (tertiary/aromatic N) is 4. The van der Waals surface area contributed by atoms with Crippen molar-refractivity contribution in [1.82, 2.24) is 19.9 Å². The number of hydrogen-bond donors (Lipinski definition) is 0. The van der Waals surface area contributed by atoms with Gasteiger partial charge in [0.1, 0.15) is 11.2 Å². The van der Waals surface area contributed by atoms with Crippen LogP contribution in [-0.2, 0) is 0 Å². The molecule has 0 saturated carbocycles. The molecule has 53 heavy (non-hydrogen) atoms. The first kappa shape index (κ1) is 29.5. The van der Waals surface area contributed by atoms with E-state index in [9.17, 15) is 0 Å². The highest BCUT2D eigenvalue weighted by molar-refractivity contribution is 6.23. The molecule has 8 aromatic carbocycles. The zero-order valence-electron chi connectivity index (χ0n) is 28.4. The number of fused-ring (bicyclic) bond motifs is 9. The maximum absolute atomic E-state index is 6.25. The summed E-state index contributed by atoms with van der Waals surface area (Å²) < 4.78 is 6.25. The maximum Gasteiger partial charge on any atom is 0.164 e. The molecule has 11 rings (SSSR count). The number of rotatable bonds is 4. The third-order valence-corrected chi connectivity index (χ3v) is 10.4. The molecular formula is C48H28N4O. The molecule has 0 aliphatic rings. The molecule has 0 unspecified atom stereocenters. The Hall–Kier alpha value is -7.24. The molecule has 0 spiro atoms. The molecule has 3 heterocycles. The lowest BCUT2D eigenvalue weighted by Gasteiger charge is -2.14. The highest BCUT2D eigenvalue weighted by Gasteiger charge is 2.19. The van der Waals surface area contributed by atoms with Gasteiger partial charge in [0.25, 0.3) is 0 Å². The van der Waals surface area contributed by atoms with E-state index in [4.69, 9.17) is 19.4 Å². The second-order valence-electron chi connectivity index (χ2n) is 13.4. The largest absolute Gasteiger partial charge is 0.456 e. The topological polar surface area (TPSA) is 64.7 Å². The van der Waals surface area contributed by atoms with E-state index in [1.807, 2.05) is 48.8 Å². The number of para-hydroxylation sites is 1. The van der Waals surface area contributed by atoms with Crippen LogP contribution >= 0.6 is 0 Å². The van der Waals surface area contributed by atoms with E-state index in [2.05, 4.69) is 126 Å². The Kier molecular flexibility index (Phi) is 6.48. The minimum Gasteiger partial charge on any atom is -0.456 e. The minimum absolute atomic E-state index is 0.621. The van der Waals surface area contributed by atoms with Crippen LogP contribution < -0.4 is 0 Å². The minimum atomic E-state index is 0.621. The number of furan rings is 1. The van der Waals surface area contributed by atoms with Gasteiger partial charge in [0.05, 0.1) is 0 Å². The molecule has 5 heteroatoms. The number of pyridine rings is 1. The molecule has 0 radical (unpaired) electrons. The molecule has 0 amide bonds. The third kappa shape index (κ3) is 4.71. The van der Waals surface area contributed by atoms with E-state index < -0.39 is 0 Å². The zero-order valence-corrected chi connectivity index (χ0v) is 28.4. The first-order valence-electron chi connectivity index (χ1n) is 17.7. The van der Waals surface area contributed by atoms with Crippen LogP contribution in [0.4, 0.5) is 0 Å². The highest BCUT2D eigenvalue weighted by atomic mass is 16.3. The Morgan fingerprint density at radius 2 is 1.04 bits per heavy atom. The van der Waals surface area contributed by atoms with Gasteiger partial charge in [-0.2, -0.15) is 0 Å². The second-order valence-corrected chi connectivity index (χ2v) is 13.4. The molecule has 0 atom stereocenters. The average Bonchev–Trinajstić information content (AvgIpc) is 3.62. The van der Waals surface area contributed by atoms with Gasteiger partial charge in [-0.15, -0.1) is 0 Å². The quantitative estimate of drug-likeness (QED) is 0.174. The van der Waals surface area contributed by atoms with E-state index in [0.717, 1.165) is 82.1 Å². The van der Waals surface area contributed by atoms with Gasteiger partial charge in [-0.05, 0) is 79.2 Å². The summed E-state index contributed by atoms with van der Waals surface area (Å²) in [5.41, 5.74) is 6.88. The fourth-order valence-electron chi connectivity index (χ4n) is 7.95. The van der Waals surface area contributed by atoms with Crippen LogP contribution in [0.25, 0.3) is 110 Å². The Morgan fingerprint density at radius 3 is 1.96 bits per heavy atom. The molecular weight excluding hydrogens is 649 g/mol. The molecule has 0 saturated heterocycles. The fourth-order valence-corrected chi connectivity index (χ4v) is 7.95. The van der Waals surface area contributed by atoms with Gasteiger partial charge in [-0.3, -0.25) is 4.98 Å². The lowest BCUT2D eigenvalue weighted by molar-refractivity contribution is 0.669. The summed E-state index contributed by atoms with van der Waals surface area (Å²) in [6.45, 7) is 0. The Bertz CT molecular complexity index is 3220. The predicted octanol–water partition coefficient (Wildman–Crippen LogP) is 12.4. The van der Waals surface area contributed by atoms with E-state index in [0.29, 0.717) is 17.5 Å². The Morgan fingerprint density at radius 1 is 0.358 bits per heavy atom. The molecule has 11 aromatic rings. The fraction of sp³-hybridized carbons (Fsp3) is 0. The summed E-state index contributed by atoms with van der Waals surface area (Å²) in [7, 11) is 0. The highest BCUT2D eigenvalue weighted by Crippen LogP contribution is 2.41. The van der Waals surface area contributed by atoms with Crippen LogP contribution in [0.15, 0.2) is 175 Å². The van der Waals surface area contributed by atoms with Crippen LogP contribution in [0, 0.1) is 0 Å². The summed E-state index contributed by atoms with van der Waals surface area (Å²) in [5.74, 6) is 1.88. The molecule has 3 aromatic heterocycles. The van der Waals surface area contributed by atoms with Crippen LogP contribution in [0.1, 0.15) is 0 Å². The van der Waals surface area contributed by atoms with Gasteiger partial charge in [-0.25, -0.2) is 15.0 Å². The van der Waals surface area contributed by atoms with Crippen LogP contribution in [0.3, 0.4) is 0 Å². The predicted molar refractivity (Wildman–Crippen MR) is 217 cm³/mol. The van der Waals surface area contributed by atoms with Crippen molar-refractivity contribution in [2.24, 2.45) is 0 Å².